The van der Waals surface area contributed by atoms with E-state index in [1.54, 1.807) is 4.68 Å². The van der Waals surface area contributed by atoms with Crippen LogP contribution in [0.5, 0.6) is 0 Å². The number of nitrogens with one attached hydrogen (secondary N) is 1. The number of hydrogen-bond acceptors (Lipinski definition) is 5. The molecule has 6 nitrogen and oxygen atoms in total. The number of rotatable bonds is 4. The minimum atomic E-state index is -0.290. The molecular formula is C8H14N4O2. The Hall–Kier alpha value is -1.43. The molecule has 0 bridgehead atoms. The highest BCUT2D eigenvalue weighted by Crippen LogP contribution is 2.13. The minimum absolute atomic E-state index is 0.286. The molecule has 0 aliphatic rings. The number of aliphatic imine (C=N–C) groups is 1. The van der Waals surface area contributed by atoms with Gasteiger partial charge in [0.1, 0.15) is 0 Å². The van der Waals surface area contributed by atoms with Gasteiger partial charge in [-0.2, -0.15) is 0 Å². The van der Waals surface area contributed by atoms with Crippen LogP contribution in [0.15, 0.2) is 9.52 Å². The van der Waals surface area contributed by atoms with Gasteiger partial charge in [-0.3, -0.25) is 4.52 Å². The molecule has 0 unspecified atom stereocenters. The Morgan fingerprint density at radius 2 is 2.43 bits per heavy atom. The lowest BCUT2D eigenvalue weighted by Crippen LogP contribution is -2.39. The van der Waals surface area contributed by atoms with Gasteiger partial charge >= 0.3 is 5.88 Å². The number of nitrogens with zero attached hydrogens (tertiary/aromatic N) is 3. The van der Waals surface area contributed by atoms with E-state index < -0.39 is 0 Å². The third-order valence-corrected chi connectivity index (χ3v) is 1.69. The Morgan fingerprint density at radius 1 is 1.71 bits per heavy atom. The number of hydrogen-bond donors (Lipinski definition) is 1. The van der Waals surface area contributed by atoms with Crippen molar-refractivity contribution in [2.75, 3.05) is 7.05 Å². The predicted octanol–water partition coefficient (Wildman–Crippen LogP) is -0.888. The fourth-order valence-electron chi connectivity index (χ4n) is 1.11. The Kier molecular flexibility index (Phi) is 3.58. The lowest BCUT2D eigenvalue weighted by Gasteiger charge is -1.98. The van der Waals surface area contributed by atoms with E-state index >= 15 is 0 Å². The fraction of sp³-hybridized carbons (Fsp3) is 0.625. The molecule has 0 aromatic carbocycles. The molecule has 0 saturated heterocycles. The number of aryl methyl sites for hydroxylation is 1. The molecule has 0 spiro atoms. The van der Waals surface area contributed by atoms with Gasteiger partial charge in [-0.15, -0.1) is 0 Å². The van der Waals surface area contributed by atoms with E-state index in [2.05, 4.69) is 15.6 Å². The third-order valence-electron chi connectivity index (χ3n) is 1.69. The van der Waals surface area contributed by atoms with E-state index in [0.717, 1.165) is 5.69 Å². The first-order chi connectivity index (χ1) is 6.69. The summed E-state index contributed by atoms with van der Waals surface area (Å²) >= 11 is 0. The van der Waals surface area contributed by atoms with E-state index in [9.17, 15) is 5.11 Å². The normalized spacial score (nSPS) is 12.1. The van der Waals surface area contributed by atoms with Crippen molar-refractivity contribution in [2.24, 2.45) is 4.99 Å². The van der Waals surface area contributed by atoms with Gasteiger partial charge in [0, 0.05) is 0 Å². The van der Waals surface area contributed by atoms with Crippen LogP contribution in [-0.2, 0) is 13.1 Å². The summed E-state index contributed by atoms with van der Waals surface area (Å²) in [5.74, 6) is -0.00421. The lowest BCUT2D eigenvalue weighted by atomic mass is 10.4. The summed E-state index contributed by atoms with van der Waals surface area (Å²) in [7, 11) is 1.81. The molecule has 0 atom stereocenters. The van der Waals surface area contributed by atoms with Gasteiger partial charge in [-0.05, 0) is 31.5 Å². The van der Waals surface area contributed by atoms with Crippen LogP contribution in [0.3, 0.4) is 0 Å². The quantitative estimate of drug-likeness (QED) is 0.387. The zero-order chi connectivity index (χ0) is 10.6. The molecule has 0 fully saturated rings. The summed E-state index contributed by atoms with van der Waals surface area (Å²) in [5, 5.41) is 17.5. The van der Waals surface area contributed by atoms with E-state index in [1.165, 1.54) is 6.92 Å². The van der Waals surface area contributed by atoms with Crippen LogP contribution in [0, 0.1) is 0 Å². The van der Waals surface area contributed by atoms with Gasteiger partial charge in [-0.25, -0.2) is 4.99 Å². The SMILES string of the molecule is CC[n+]1noc(/N=C(/C)[O-])c1CNC. The molecule has 1 aromatic rings. The summed E-state index contributed by atoms with van der Waals surface area (Å²) in [6.45, 7) is 4.58. The molecule has 0 radical (unpaired) electrons. The predicted molar refractivity (Wildman–Crippen MR) is 47.9 cm³/mol. The topological polar surface area (TPSA) is 77.4 Å². The second-order valence-corrected chi connectivity index (χ2v) is 2.80. The highest BCUT2D eigenvalue weighted by Gasteiger charge is 2.21. The first-order valence-corrected chi connectivity index (χ1v) is 4.44. The van der Waals surface area contributed by atoms with Crippen molar-refractivity contribution in [1.82, 2.24) is 10.6 Å². The second-order valence-electron chi connectivity index (χ2n) is 2.80. The van der Waals surface area contributed by atoms with Crippen LogP contribution in [0.4, 0.5) is 5.88 Å². The molecular weight excluding hydrogens is 184 g/mol. The Bertz CT molecular complexity index is 328. The molecule has 0 aliphatic carbocycles. The summed E-state index contributed by atoms with van der Waals surface area (Å²) in [4.78, 5) is 3.72. The summed E-state index contributed by atoms with van der Waals surface area (Å²) in [5.41, 5.74) is 0.783. The molecule has 1 rings (SSSR count). The van der Waals surface area contributed by atoms with Gasteiger partial charge in [0.15, 0.2) is 6.54 Å². The van der Waals surface area contributed by atoms with Crippen molar-refractivity contribution in [3.05, 3.63) is 5.69 Å². The third kappa shape index (κ3) is 2.29. The summed E-state index contributed by atoms with van der Waals surface area (Å²) in [6, 6.07) is 0. The zero-order valence-electron chi connectivity index (χ0n) is 8.57. The van der Waals surface area contributed by atoms with Crippen molar-refractivity contribution < 1.29 is 14.3 Å². The molecule has 0 aliphatic heterocycles. The van der Waals surface area contributed by atoms with E-state index in [1.807, 2.05) is 14.0 Å². The first kappa shape index (κ1) is 10.6. The standard InChI is InChI=1S/C8H14N4O2/c1-4-12-7(5-9-3)8(14-11-12)10-6(2)13/h9H,4-5H2,1-3H3. The summed E-state index contributed by atoms with van der Waals surface area (Å²) < 4.78 is 6.60. The maximum Gasteiger partial charge on any atom is 0.325 e. The van der Waals surface area contributed by atoms with Crippen LogP contribution >= 0.6 is 0 Å². The second kappa shape index (κ2) is 4.71. The van der Waals surface area contributed by atoms with Crippen molar-refractivity contribution in [2.45, 2.75) is 26.9 Å². The Labute approximate surface area is 82.2 Å². The maximum atomic E-state index is 10.8. The molecule has 1 aromatic heterocycles. The van der Waals surface area contributed by atoms with Crippen LogP contribution in [0.25, 0.3) is 0 Å². The first-order valence-electron chi connectivity index (χ1n) is 4.44. The Morgan fingerprint density at radius 3 is 2.93 bits per heavy atom. The molecule has 0 saturated carbocycles. The molecule has 14 heavy (non-hydrogen) atoms. The average molecular weight is 198 g/mol. The van der Waals surface area contributed by atoms with Crippen molar-refractivity contribution in [1.29, 1.82) is 0 Å². The Balaban J connectivity index is 3.04. The maximum absolute atomic E-state index is 10.8. The molecule has 6 heteroatoms. The van der Waals surface area contributed by atoms with Gasteiger partial charge in [0.05, 0.1) is 6.54 Å². The molecule has 1 N–H and O–H groups in total. The highest BCUT2D eigenvalue weighted by molar-refractivity contribution is 5.71. The van der Waals surface area contributed by atoms with Crippen LogP contribution in [0.1, 0.15) is 19.5 Å². The van der Waals surface area contributed by atoms with Gasteiger partial charge in [0.25, 0.3) is 5.69 Å². The van der Waals surface area contributed by atoms with Crippen LogP contribution in [-0.4, -0.2) is 18.2 Å². The van der Waals surface area contributed by atoms with Crippen molar-refractivity contribution >= 4 is 11.8 Å². The van der Waals surface area contributed by atoms with E-state index in [4.69, 9.17) is 4.52 Å². The average Bonchev–Trinajstić information content (AvgIpc) is 2.48. The minimum Gasteiger partial charge on any atom is -0.862 e. The molecule has 78 valence electrons. The largest absolute Gasteiger partial charge is 0.862 e. The van der Waals surface area contributed by atoms with Crippen LogP contribution < -0.4 is 15.1 Å². The van der Waals surface area contributed by atoms with Crippen molar-refractivity contribution in [3.8, 4) is 0 Å². The monoisotopic (exact) mass is 198 g/mol. The zero-order valence-corrected chi connectivity index (χ0v) is 8.57. The van der Waals surface area contributed by atoms with E-state index in [-0.39, 0.29) is 11.8 Å². The van der Waals surface area contributed by atoms with Gasteiger partial charge < -0.3 is 10.4 Å². The van der Waals surface area contributed by atoms with Crippen LogP contribution in [0.2, 0.25) is 0 Å². The molecule has 1 heterocycles. The van der Waals surface area contributed by atoms with Crippen molar-refractivity contribution in [3.63, 3.8) is 0 Å². The fourth-order valence-corrected chi connectivity index (χ4v) is 1.11. The summed E-state index contributed by atoms with van der Waals surface area (Å²) in [6.07, 6.45) is 0. The highest BCUT2D eigenvalue weighted by atomic mass is 16.5. The van der Waals surface area contributed by atoms with Gasteiger partial charge in [0.2, 0.25) is 5.27 Å². The van der Waals surface area contributed by atoms with E-state index in [0.29, 0.717) is 13.1 Å². The van der Waals surface area contributed by atoms with Gasteiger partial charge in [-0.1, -0.05) is 0 Å². The molecule has 0 amide bonds. The number of aromatic nitrogens is 2. The smallest absolute Gasteiger partial charge is 0.325 e. The lowest BCUT2D eigenvalue weighted by molar-refractivity contribution is -0.765.